The van der Waals surface area contributed by atoms with E-state index in [1.807, 2.05) is 12.1 Å². The van der Waals surface area contributed by atoms with Gasteiger partial charge in [-0.25, -0.2) is 0 Å². The standard InChI is InChI=1S/C26H20Cl2N6O2S2/c27-15-9-7-14(8-10-15)22-18(12-29)24(30)34(19-5-2-6-20(35)23(19)22)25-32-33-26(38-25)37-13-21(36)31-17-4-1-3-16(28)11-17/h1,3-4,7-11,22H,2,5-6,13,30H2,(H,31,36). The summed E-state index contributed by atoms with van der Waals surface area (Å²) in [7, 11) is 0. The lowest BCUT2D eigenvalue weighted by Gasteiger charge is -2.38. The first-order chi connectivity index (χ1) is 18.4. The molecule has 1 atom stereocenters. The van der Waals surface area contributed by atoms with Crippen LogP contribution in [-0.4, -0.2) is 27.6 Å². The van der Waals surface area contributed by atoms with E-state index in [4.69, 9.17) is 28.9 Å². The first-order valence-electron chi connectivity index (χ1n) is 11.6. The number of ketones is 1. The zero-order valence-electron chi connectivity index (χ0n) is 19.8. The van der Waals surface area contributed by atoms with Crippen molar-refractivity contribution < 1.29 is 9.59 Å². The first kappa shape index (κ1) is 26.3. The van der Waals surface area contributed by atoms with Gasteiger partial charge in [-0.2, -0.15) is 5.26 Å². The molecule has 0 spiro atoms. The highest BCUT2D eigenvalue weighted by molar-refractivity contribution is 8.01. The molecule has 2 aliphatic rings. The van der Waals surface area contributed by atoms with E-state index in [1.54, 1.807) is 41.3 Å². The van der Waals surface area contributed by atoms with Crippen molar-refractivity contribution in [3.63, 3.8) is 0 Å². The lowest BCUT2D eigenvalue weighted by atomic mass is 9.76. The van der Waals surface area contributed by atoms with Crippen molar-refractivity contribution in [2.24, 2.45) is 5.73 Å². The second-order valence-corrected chi connectivity index (χ2v) is 11.6. The highest BCUT2D eigenvalue weighted by atomic mass is 35.5. The highest BCUT2D eigenvalue weighted by Crippen LogP contribution is 2.47. The summed E-state index contributed by atoms with van der Waals surface area (Å²) in [6.07, 6.45) is 1.67. The third-order valence-corrected chi connectivity index (χ3v) is 8.67. The van der Waals surface area contributed by atoms with Gasteiger partial charge in [0.1, 0.15) is 5.82 Å². The van der Waals surface area contributed by atoms with Crippen LogP contribution in [0.25, 0.3) is 0 Å². The predicted molar refractivity (Wildman–Crippen MR) is 150 cm³/mol. The van der Waals surface area contributed by atoms with Crippen LogP contribution in [0.3, 0.4) is 0 Å². The number of carbonyl (C=O) groups excluding carboxylic acids is 2. The van der Waals surface area contributed by atoms with Crippen molar-refractivity contribution in [2.45, 2.75) is 29.5 Å². The van der Waals surface area contributed by atoms with E-state index in [-0.39, 0.29) is 28.8 Å². The number of nitrogens with one attached hydrogen (secondary N) is 1. The molecule has 12 heteroatoms. The molecule has 0 saturated heterocycles. The fourth-order valence-electron chi connectivity index (χ4n) is 4.54. The third kappa shape index (κ3) is 5.28. The molecule has 3 aromatic rings. The Balaban J connectivity index is 1.42. The average Bonchev–Trinajstić information content (AvgIpc) is 3.36. The monoisotopic (exact) mass is 582 g/mol. The fraction of sp³-hybridized carbons (Fsp3) is 0.192. The lowest BCUT2D eigenvalue weighted by Crippen LogP contribution is -2.38. The molecule has 2 aromatic carbocycles. The minimum atomic E-state index is -0.576. The molecule has 0 fully saturated rings. The Labute approximate surface area is 237 Å². The quantitative estimate of drug-likeness (QED) is 0.345. The summed E-state index contributed by atoms with van der Waals surface area (Å²) < 4.78 is 0.552. The Morgan fingerprint density at radius 2 is 1.97 bits per heavy atom. The van der Waals surface area contributed by atoms with Crippen molar-refractivity contribution in [1.29, 1.82) is 5.26 Å². The van der Waals surface area contributed by atoms with Crippen molar-refractivity contribution in [3.8, 4) is 6.07 Å². The Morgan fingerprint density at radius 3 is 2.71 bits per heavy atom. The molecule has 192 valence electrons. The molecule has 0 bridgehead atoms. The lowest BCUT2D eigenvalue weighted by molar-refractivity contribution is -0.116. The van der Waals surface area contributed by atoms with Gasteiger partial charge in [0.05, 0.1) is 23.3 Å². The van der Waals surface area contributed by atoms with Crippen molar-refractivity contribution in [1.82, 2.24) is 10.2 Å². The number of nitrogens with zero attached hydrogens (tertiary/aromatic N) is 4. The van der Waals surface area contributed by atoms with Gasteiger partial charge in [0.25, 0.3) is 0 Å². The van der Waals surface area contributed by atoms with Gasteiger partial charge >= 0.3 is 0 Å². The number of thioether (sulfide) groups is 1. The maximum atomic E-state index is 13.2. The second-order valence-electron chi connectivity index (χ2n) is 8.57. The Morgan fingerprint density at radius 1 is 1.18 bits per heavy atom. The normalized spacial score (nSPS) is 17.3. The molecule has 1 aromatic heterocycles. The van der Waals surface area contributed by atoms with Crippen LogP contribution >= 0.6 is 46.3 Å². The summed E-state index contributed by atoms with van der Waals surface area (Å²) >= 11 is 14.5. The van der Waals surface area contributed by atoms with Crippen LogP contribution in [0.15, 0.2) is 75.5 Å². The van der Waals surface area contributed by atoms with Crippen LogP contribution in [0, 0.1) is 11.3 Å². The van der Waals surface area contributed by atoms with Gasteiger partial charge in [-0.3, -0.25) is 14.5 Å². The summed E-state index contributed by atoms with van der Waals surface area (Å²) in [5, 5.41) is 22.9. The van der Waals surface area contributed by atoms with E-state index in [9.17, 15) is 14.9 Å². The van der Waals surface area contributed by atoms with Gasteiger partial charge in [0.2, 0.25) is 11.0 Å². The van der Waals surface area contributed by atoms with Gasteiger partial charge in [-0.1, -0.05) is 64.5 Å². The second kappa shape index (κ2) is 11.2. The van der Waals surface area contributed by atoms with Crippen LogP contribution in [0.4, 0.5) is 10.8 Å². The molecule has 5 rings (SSSR count). The number of Topliss-reactive ketones (excluding diaryl/α,β-unsaturated/α-hetero) is 1. The molecular weight excluding hydrogens is 563 g/mol. The zero-order valence-corrected chi connectivity index (χ0v) is 22.9. The first-order valence-corrected chi connectivity index (χ1v) is 14.1. The maximum absolute atomic E-state index is 13.2. The van der Waals surface area contributed by atoms with Gasteiger partial charge in [-0.05, 0) is 48.7 Å². The molecule has 38 heavy (non-hydrogen) atoms. The number of halogens is 2. The number of benzene rings is 2. The summed E-state index contributed by atoms with van der Waals surface area (Å²) in [5.74, 6) is -0.485. The maximum Gasteiger partial charge on any atom is 0.234 e. The number of hydrogen-bond acceptors (Lipinski definition) is 9. The molecule has 1 aliphatic carbocycles. The summed E-state index contributed by atoms with van der Waals surface area (Å²) in [6.45, 7) is 0. The molecule has 0 saturated carbocycles. The topological polar surface area (TPSA) is 125 Å². The number of carbonyl (C=O) groups is 2. The number of anilines is 2. The van der Waals surface area contributed by atoms with Gasteiger partial charge < -0.3 is 11.1 Å². The number of allylic oxidation sites excluding steroid dienone is 3. The summed E-state index contributed by atoms with van der Waals surface area (Å²) in [4.78, 5) is 27.3. The Kier molecular flexibility index (Phi) is 7.72. The molecule has 1 unspecified atom stereocenters. The van der Waals surface area contributed by atoms with E-state index in [1.165, 1.54) is 23.1 Å². The molecule has 3 N–H and O–H groups in total. The molecule has 2 heterocycles. The largest absolute Gasteiger partial charge is 0.384 e. The zero-order chi connectivity index (χ0) is 26.8. The number of nitrogens with two attached hydrogens (primary N) is 1. The summed E-state index contributed by atoms with van der Waals surface area (Å²) in [6, 6.07) is 16.2. The van der Waals surface area contributed by atoms with Gasteiger partial charge in [0, 0.05) is 33.4 Å². The van der Waals surface area contributed by atoms with Gasteiger partial charge in [0.15, 0.2) is 10.1 Å². The van der Waals surface area contributed by atoms with Crippen molar-refractivity contribution in [2.75, 3.05) is 16.0 Å². The molecule has 1 aliphatic heterocycles. The number of nitriles is 1. The number of rotatable bonds is 6. The number of amides is 1. The predicted octanol–water partition coefficient (Wildman–Crippen LogP) is 5.88. The van der Waals surface area contributed by atoms with Crippen LogP contribution in [0.1, 0.15) is 30.7 Å². The van der Waals surface area contributed by atoms with E-state index in [0.29, 0.717) is 50.0 Å². The Bertz CT molecular complexity index is 1530. The highest BCUT2D eigenvalue weighted by Gasteiger charge is 2.41. The molecule has 0 radical (unpaired) electrons. The Hall–Kier alpha value is -3.36. The number of aromatic nitrogens is 2. The minimum absolute atomic E-state index is 0.0201. The molecule has 8 nitrogen and oxygen atoms in total. The van der Waals surface area contributed by atoms with Crippen LogP contribution < -0.4 is 16.0 Å². The van der Waals surface area contributed by atoms with E-state index in [0.717, 1.165) is 11.3 Å². The van der Waals surface area contributed by atoms with Crippen molar-refractivity contribution in [3.05, 3.63) is 86.8 Å². The van der Waals surface area contributed by atoms with Crippen LogP contribution in [0.2, 0.25) is 10.0 Å². The summed E-state index contributed by atoms with van der Waals surface area (Å²) in [5.41, 5.74) is 9.50. The average molecular weight is 584 g/mol. The smallest absolute Gasteiger partial charge is 0.234 e. The minimum Gasteiger partial charge on any atom is -0.384 e. The third-order valence-electron chi connectivity index (χ3n) is 6.14. The van der Waals surface area contributed by atoms with Crippen LogP contribution in [0.5, 0.6) is 0 Å². The van der Waals surface area contributed by atoms with Gasteiger partial charge in [-0.15, -0.1) is 10.2 Å². The van der Waals surface area contributed by atoms with E-state index >= 15 is 0 Å². The fourth-order valence-corrected chi connectivity index (χ4v) is 6.53. The van der Waals surface area contributed by atoms with E-state index < -0.39 is 5.92 Å². The number of hydrogen-bond donors (Lipinski definition) is 2. The van der Waals surface area contributed by atoms with E-state index in [2.05, 4.69) is 21.6 Å². The molecule has 1 amide bonds. The van der Waals surface area contributed by atoms with Crippen LogP contribution in [-0.2, 0) is 9.59 Å². The SMILES string of the molecule is N#CC1=C(N)N(c2nnc(SCC(=O)Nc3cccc(Cl)c3)s2)C2=C(C(=O)CCC2)C1c1ccc(Cl)cc1. The molecular formula is C26H20Cl2N6O2S2. The van der Waals surface area contributed by atoms with Crippen molar-refractivity contribution >= 4 is 68.8 Å².